The molecule has 0 amide bonds. The molecule has 0 atom stereocenters. The van der Waals surface area contributed by atoms with Crippen molar-refractivity contribution in [2.75, 3.05) is 5.73 Å². The van der Waals surface area contributed by atoms with Crippen LogP contribution in [0.1, 0.15) is 5.56 Å². The van der Waals surface area contributed by atoms with Crippen molar-refractivity contribution in [3.05, 3.63) is 44.6 Å². The van der Waals surface area contributed by atoms with Crippen molar-refractivity contribution in [2.24, 2.45) is 0 Å². The number of nitrogen functional groups attached to an aromatic ring is 1. The van der Waals surface area contributed by atoms with Crippen LogP contribution in [0, 0.1) is 3.57 Å². The van der Waals surface area contributed by atoms with E-state index >= 15 is 0 Å². The van der Waals surface area contributed by atoms with Gasteiger partial charge in [-0.15, -0.1) is 0 Å². The number of rotatable bonds is 2. The van der Waals surface area contributed by atoms with Crippen LogP contribution < -0.4 is 5.73 Å². The van der Waals surface area contributed by atoms with E-state index in [1.54, 1.807) is 10.9 Å². The van der Waals surface area contributed by atoms with Gasteiger partial charge in [-0.2, -0.15) is 5.10 Å². The zero-order valence-electron chi connectivity index (χ0n) is 7.82. The van der Waals surface area contributed by atoms with Crippen molar-refractivity contribution in [3.8, 4) is 0 Å². The highest BCUT2D eigenvalue weighted by molar-refractivity contribution is 14.1. The number of nitrogens with two attached hydrogens (primary N) is 1. The Morgan fingerprint density at radius 2 is 2.27 bits per heavy atom. The molecule has 0 bridgehead atoms. The second kappa shape index (κ2) is 4.40. The summed E-state index contributed by atoms with van der Waals surface area (Å²) in [6.45, 7) is 0.648. The molecule has 78 valence electrons. The molecule has 15 heavy (non-hydrogen) atoms. The second-order valence-electron chi connectivity index (χ2n) is 3.17. The number of aromatic nitrogens is 2. The summed E-state index contributed by atoms with van der Waals surface area (Å²) in [5.41, 5.74) is 6.94. The van der Waals surface area contributed by atoms with Gasteiger partial charge < -0.3 is 5.73 Å². The summed E-state index contributed by atoms with van der Waals surface area (Å²) >= 11 is 8.05. The van der Waals surface area contributed by atoms with Gasteiger partial charge in [0.1, 0.15) is 5.82 Å². The van der Waals surface area contributed by atoms with Crippen molar-refractivity contribution < 1.29 is 0 Å². The number of nitrogens with zero attached hydrogens (tertiary/aromatic N) is 2. The topological polar surface area (TPSA) is 43.8 Å². The fourth-order valence-corrected chi connectivity index (χ4v) is 1.92. The van der Waals surface area contributed by atoms with Crippen LogP contribution in [0.5, 0.6) is 0 Å². The van der Waals surface area contributed by atoms with Crippen LogP contribution in [-0.2, 0) is 6.54 Å². The predicted octanol–water partition coefficient (Wildman–Crippen LogP) is 2.77. The van der Waals surface area contributed by atoms with Gasteiger partial charge in [-0.1, -0.05) is 23.7 Å². The summed E-state index contributed by atoms with van der Waals surface area (Å²) in [6, 6.07) is 7.68. The number of halogens is 2. The average molecular weight is 334 g/mol. The summed E-state index contributed by atoms with van der Waals surface area (Å²) < 4.78 is 2.72. The Morgan fingerprint density at radius 3 is 2.87 bits per heavy atom. The summed E-state index contributed by atoms with van der Waals surface area (Å²) in [6.07, 6.45) is 1.75. The van der Waals surface area contributed by atoms with Gasteiger partial charge in [-0.3, -0.25) is 0 Å². The van der Waals surface area contributed by atoms with Gasteiger partial charge in [0, 0.05) is 5.02 Å². The largest absolute Gasteiger partial charge is 0.383 e. The molecule has 0 aliphatic rings. The third-order valence-corrected chi connectivity index (χ3v) is 3.12. The normalized spacial score (nSPS) is 10.5. The summed E-state index contributed by atoms with van der Waals surface area (Å²) in [4.78, 5) is 0. The van der Waals surface area contributed by atoms with Gasteiger partial charge in [-0.25, -0.2) is 4.68 Å². The molecule has 1 heterocycles. The Morgan fingerprint density at radius 1 is 1.47 bits per heavy atom. The zero-order chi connectivity index (χ0) is 10.8. The summed E-state index contributed by atoms with van der Waals surface area (Å²) in [7, 11) is 0. The maximum atomic E-state index is 5.89. The first-order valence-corrected chi connectivity index (χ1v) is 5.83. The molecule has 3 nitrogen and oxygen atoms in total. The lowest BCUT2D eigenvalue weighted by atomic mass is 10.2. The first-order chi connectivity index (χ1) is 7.16. The lowest BCUT2D eigenvalue weighted by Crippen LogP contribution is -2.06. The van der Waals surface area contributed by atoms with E-state index in [-0.39, 0.29) is 0 Å². The zero-order valence-corrected chi connectivity index (χ0v) is 10.7. The van der Waals surface area contributed by atoms with Crippen molar-refractivity contribution in [2.45, 2.75) is 6.54 Å². The highest BCUT2D eigenvalue weighted by Crippen LogP contribution is 2.16. The van der Waals surface area contributed by atoms with Crippen LogP contribution in [-0.4, -0.2) is 9.78 Å². The molecule has 0 saturated carbocycles. The van der Waals surface area contributed by atoms with Gasteiger partial charge in [0.25, 0.3) is 0 Å². The van der Waals surface area contributed by atoms with E-state index in [1.165, 1.54) is 0 Å². The van der Waals surface area contributed by atoms with Crippen LogP contribution in [0.2, 0.25) is 5.02 Å². The molecule has 2 N–H and O–H groups in total. The Labute approximate surface area is 106 Å². The number of hydrogen-bond donors (Lipinski definition) is 1. The van der Waals surface area contributed by atoms with E-state index in [2.05, 4.69) is 27.7 Å². The van der Waals surface area contributed by atoms with Crippen LogP contribution in [0.25, 0.3) is 0 Å². The van der Waals surface area contributed by atoms with Crippen LogP contribution in [0.4, 0.5) is 5.82 Å². The van der Waals surface area contributed by atoms with E-state index < -0.39 is 0 Å². The molecule has 0 unspecified atom stereocenters. The standard InChI is InChI=1S/C10H9ClIN3/c11-8-3-1-2-7(4-8)6-15-10(13)9(12)5-14-15/h1-5H,6,13H2. The fraction of sp³-hybridized carbons (Fsp3) is 0.100. The minimum Gasteiger partial charge on any atom is -0.383 e. The van der Waals surface area contributed by atoms with Crippen LogP contribution in [0.15, 0.2) is 30.5 Å². The molecule has 2 aromatic rings. The molecule has 0 aliphatic heterocycles. The predicted molar refractivity (Wildman–Crippen MR) is 69.9 cm³/mol. The molecule has 0 radical (unpaired) electrons. The molecule has 5 heteroatoms. The molecule has 1 aromatic heterocycles. The Balaban J connectivity index is 2.26. The molecule has 0 spiro atoms. The molecule has 1 aromatic carbocycles. The molecular formula is C10H9ClIN3. The minimum atomic E-state index is 0.648. The molecule has 0 aliphatic carbocycles. The Bertz CT molecular complexity index is 481. The van der Waals surface area contributed by atoms with Gasteiger partial charge in [0.2, 0.25) is 0 Å². The highest BCUT2D eigenvalue weighted by Gasteiger charge is 2.04. The average Bonchev–Trinajstić information content (AvgIpc) is 2.50. The number of benzene rings is 1. The SMILES string of the molecule is Nc1c(I)cnn1Cc1cccc(Cl)c1. The lowest BCUT2D eigenvalue weighted by molar-refractivity contribution is 0.697. The van der Waals surface area contributed by atoms with Crippen molar-refractivity contribution >= 4 is 40.0 Å². The van der Waals surface area contributed by atoms with Gasteiger partial charge in [-0.05, 0) is 40.3 Å². The quantitative estimate of drug-likeness (QED) is 0.859. The maximum Gasteiger partial charge on any atom is 0.135 e. The van der Waals surface area contributed by atoms with E-state index in [0.29, 0.717) is 12.4 Å². The highest BCUT2D eigenvalue weighted by atomic mass is 127. The molecule has 2 rings (SSSR count). The smallest absolute Gasteiger partial charge is 0.135 e. The van der Waals surface area contributed by atoms with E-state index in [9.17, 15) is 0 Å². The number of anilines is 1. The third kappa shape index (κ3) is 2.43. The Hall–Kier alpha value is -0.750. The van der Waals surface area contributed by atoms with Crippen LogP contribution in [0.3, 0.4) is 0 Å². The van der Waals surface area contributed by atoms with Crippen molar-refractivity contribution in [3.63, 3.8) is 0 Å². The van der Waals surface area contributed by atoms with Crippen LogP contribution >= 0.6 is 34.2 Å². The van der Waals surface area contributed by atoms with E-state index in [4.69, 9.17) is 17.3 Å². The van der Waals surface area contributed by atoms with Gasteiger partial charge >= 0.3 is 0 Å². The van der Waals surface area contributed by atoms with Crippen molar-refractivity contribution in [1.29, 1.82) is 0 Å². The van der Waals surface area contributed by atoms with E-state index in [0.717, 1.165) is 14.2 Å². The third-order valence-electron chi connectivity index (χ3n) is 2.05. The lowest BCUT2D eigenvalue weighted by Gasteiger charge is -2.04. The Kier molecular flexibility index (Phi) is 3.16. The minimum absolute atomic E-state index is 0.648. The molecular weight excluding hydrogens is 324 g/mol. The van der Waals surface area contributed by atoms with Crippen molar-refractivity contribution in [1.82, 2.24) is 9.78 Å². The maximum absolute atomic E-state index is 5.89. The van der Waals surface area contributed by atoms with Gasteiger partial charge in [0.05, 0.1) is 16.3 Å². The first kappa shape index (κ1) is 10.8. The molecule has 0 fully saturated rings. The van der Waals surface area contributed by atoms with Gasteiger partial charge in [0.15, 0.2) is 0 Å². The van der Waals surface area contributed by atoms with E-state index in [1.807, 2.05) is 24.3 Å². The molecule has 0 saturated heterocycles. The second-order valence-corrected chi connectivity index (χ2v) is 4.76. The fourth-order valence-electron chi connectivity index (χ4n) is 1.31. The summed E-state index contributed by atoms with van der Waals surface area (Å²) in [5, 5.41) is 4.91. The number of hydrogen-bond acceptors (Lipinski definition) is 2. The summed E-state index contributed by atoms with van der Waals surface area (Å²) in [5.74, 6) is 0.690. The monoisotopic (exact) mass is 333 g/mol. The first-order valence-electron chi connectivity index (χ1n) is 4.38.